The van der Waals surface area contributed by atoms with E-state index in [1.165, 1.54) is 4.57 Å². The zero-order valence-corrected chi connectivity index (χ0v) is 22.1. The maximum absolute atomic E-state index is 13.3. The molecule has 8 nitrogen and oxygen atoms in total. The van der Waals surface area contributed by atoms with Crippen molar-refractivity contribution in [3.05, 3.63) is 93.8 Å². The highest BCUT2D eigenvalue weighted by molar-refractivity contribution is 14.1. The van der Waals surface area contributed by atoms with Crippen LogP contribution in [0.1, 0.15) is 29.7 Å². The Kier molecular flexibility index (Phi) is 6.10. The number of benzene rings is 2. The molecule has 3 heterocycles. The van der Waals surface area contributed by atoms with Crippen LogP contribution >= 0.6 is 45.2 Å². The van der Waals surface area contributed by atoms with Gasteiger partial charge in [-0.3, -0.25) is 0 Å². The molecule has 0 unspecified atom stereocenters. The molecule has 0 saturated carbocycles. The maximum Gasteiger partial charge on any atom is 0.362 e. The monoisotopic (exact) mass is 681 g/mol. The number of nitrogen functional groups attached to an aromatic ring is 1. The number of nitrogens with zero attached hydrogens (tertiary/aromatic N) is 2. The Labute approximate surface area is 220 Å². The van der Waals surface area contributed by atoms with Gasteiger partial charge in [-0.1, -0.05) is 36.4 Å². The first-order chi connectivity index (χ1) is 16.4. The van der Waals surface area contributed by atoms with E-state index in [-0.39, 0.29) is 35.0 Å². The predicted molar refractivity (Wildman–Crippen MR) is 142 cm³/mol. The lowest BCUT2D eigenvalue weighted by atomic mass is 9.87. The Morgan fingerprint density at radius 1 is 1.15 bits per heavy atom. The molecule has 2 aromatic carbocycles. The summed E-state index contributed by atoms with van der Waals surface area (Å²) >= 11 is 4.38. The molecule has 0 bridgehead atoms. The van der Waals surface area contributed by atoms with Crippen LogP contribution in [-0.2, 0) is 9.53 Å². The number of fused-ring (bicyclic) bond motifs is 3. The molecule has 0 fully saturated rings. The molecule has 0 spiro atoms. The minimum absolute atomic E-state index is 0.0361. The van der Waals surface area contributed by atoms with Crippen LogP contribution in [0.4, 0.5) is 6.01 Å². The quantitative estimate of drug-likeness (QED) is 0.261. The molecule has 1 aliphatic rings. The summed E-state index contributed by atoms with van der Waals surface area (Å²) in [5, 5.41) is 0.180. The Hall–Kier alpha value is -2.87. The van der Waals surface area contributed by atoms with Crippen molar-refractivity contribution in [1.29, 1.82) is 0 Å². The topological polar surface area (TPSA) is 113 Å². The molecule has 0 aliphatic carbocycles. The van der Waals surface area contributed by atoms with Crippen molar-refractivity contribution in [1.82, 2.24) is 9.55 Å². The summed E-state index contributed by atoms with van der Waals surface area (Å²) in [6.45, 7) is 1.87. The van der Waals surface area contributed by atoms with Crippen molar-refractivity contribution >= 4 is 68.8 Å². The van der Waals surface area contributed by atoms with Crippen molar-refractivity contribution in [3.63, 3.8) is 0 Å². The van der Waals surface area contributed by atoms with Crippen LogP contribution in [0.2, 0.25) is 0 Å². The van der Waals surface area contributed by atoms with Gasteiger partial charge in [-0.05, 0) is 81.4 Å². The van der Waals surface area contributed by atoms with Gasteiger partial charge in [0, 0.05) is 7.14 Å². The number of oxazole rings is 2. The van der Waals surface area contributed by atoms with Gasteiger partial charge in [-0.25, -0.2) is 14.2 Å². The fourth-order valence-electron chi connectivity index (χ4n) is 4.00. The molecule has 0 amide bonds. The summed E-state index contributed by atoms with van der Waals surface area (Å²) in [7, 11) is 0. The van der Waals surface area contributed by atoms with Crippen LogP contribution in [-0.4, -0.2) is 22.1 Å². The number of halogens is 2. The van der Waals surface area contributed by atoms with E-state index in [2.05, 4.69) is 50.2 Å². The Morgan fingerprint density at radius 3 is 2.56 bits per heavy atom. The summed E-state index contributed by atoms with van der Waals surface area (Å²) in [6, 6.07) is 15.1. The van der Waals surface area contributed by atoms with Crippen LogP contribution in [0.3, 0.4) is 0 Å². The van der Waals surface area contributed by atoms with Crippen molar-refractivity contribution in [3.8, 4) is 5.88 Å². The number of esters is 1. The smallest absolute Gasteiger partial charge is 0.362 e. The van der Waals surface area contributed by atoms with Crippen LogP contribution in [0, 0.1) is 7.14 Å². The number of nitrogens with two attached hydrogens (primary N) is 1. The lowest BCUT2D eigenvalue weighted by Crippen LogP contribution is -2.37. The van der Waals surface area contributed by atoms with Gasteiger partial charge in [-0.2, -0.15) is 4.98 Å². The first-order valence-electron chi connectivity index (χ1n) is 10.3. The Morgan fingerprint density at radius 2 is 1.85 bits per heavy atom. The van der Waals surface area contributed by atoms with Gasteiger partial charge in [-0.15, -0.1) is 0 Å². The summed E-state index contributed by atoms with van der Waals surface area (Å²) in [5.41, 5.74) is 7.54. The molecule has 4 aromatic rings. The maximum atomic E-state index is 13.3. The van der Waals surface area contributed by atoms with Crippen molar-refractivity contribution in [2.45, 2.75) is 12.8 Å². The number of ether oxygens (including phenoxy) is 1. The molecule has 34 heavy (non-hydrogen) atoms. The number of hydrogen-bond acceptors (Lipinski definition) is 7. The van der Waals surface area contributed by atoms with E-state index in [4.69, 9.17) is 19.3 Å². The molecule has 1 atom stereocenters. The van der Waals surface area contributed by atoms with Crippen LogP contribution in [0.5, 0.6) is 0 Å². The lowest BCUT2D eigenvalue weighted by molar-refractivity contribution is -0.136. The van der Waals surface area contributed by atoms with Gasteiger partial charge in [0.2, 0.25) is 11.4 Å². The van der Waals surface area contributed by atoms with E-state index in [9.17, 15) is 9.59 Å². The number of carbonyl (C=O) groups excluding carboxylic acids is 1. The molecule has 0 saturated heterocycles. The normalized spacial score (nSPS) is 15.2. The zero-order valence-electron chi connectivity index (χ0n) is 17.7. The minimum Gasteiger partial charge on any atom is -0.462 e. The summed E-state index contributed by atoms with van der Waals surface area (Å²) in [4.78, 5) is 30.8. The van der Waals surface area contributed by atoms with E-state index in [1.807, 2.05) is 48.5 Å². The van der Waals surface area contributed by atoms with Crippen LogP contribution in [0.15, 0.2) is 62.2 Å². The number of hydrogen-bond donors (Lipinski definition) is 1. The van der Waals surface area contributed by atoms with Crippen molar-refractivity contribution in [2.75, 3.05) is 12.3 Å². The minimum atomic E-state index is -0.696. The zero-order chi connectivity index (χ0) is 24.0. The third-order valence-electron chi connectivity index (χ3n) is 5.40. The first-order valence-corrected chi connectivity index (χ1v) is 12.5. The molecule has 1 aliphatic heterocycles. The number of rotatable bonds is 4. The summed E-state index contributed by atoms with van der Waals surface area (Å²) in [5.74, 6) is -1.07. The molecule has 2 N–H and O–H groups in total. The Bertz CT molecular complexity index is 1620. The van der Waals surface area contributed by atoms with Crippen LogP contribution in [0.25, 0.3) is 17.5 Å². The number of anilines is 1. The first kappa shape index (κ1) is 22.9. The van der Waals surface area contributed by atoms with Crippen LogP contribution < -0.4 is 22.3 Å². The third kappa shape index (κ3) is 3.78. The van der Waals surface area contributed by atoms with E-state index in [1.54, 1.807) is 13.0 Å². The summed E-state index contributed by atoms with van der Waals surface area (Å²) in [6.07, 6.45) is 1.69. The van der Waals surface area contributed by atoms with E-state index < -0.39 is 17.5 Å². The van der Waals surface area contributed by atoms with E-state index >= 15 is 0 Å². The largest absolute Gasteiger partial charge is 0.462 e. The fourth-order valence-corrected chi connectivity index (χ4v) is 5.24. The standard InChI is InChI=1S/C24H17I2N3O5/c1-2-32-23(31)18-17(13-8-4-6-10-15(13)26)19-21(34-24(27)28-19)29-16(22(30)33-20(18)29)11-12-7-3-5-9-14(12)25/h3-11,17H,2H2,1H3,(H2,27,28)/b16-11+/t17-/m0/s1. The van der Waals surface area contributed by atoms with Gasteiger partial charge in [0.15, 0.2) is 0 Å². The van der Waals surface area contributed by atoms with Gasteiger partial charge in [0.05, 0.1) is 12.5 Å². The molecule has 172 valence electrons. The second kappa shape index (κ2) is 9.06. The molecule has 5 rings (SSSR count). The third-order valence-corrected chi connectivity index (χ3v) is 7.36. The average molecular weight is 681 g/mol. The van der Waals surface area contributed by atoms with Gasteiger partial charge >= 0.3 is 11.6 Å². The molecule has 2 aromatic heterocycles. The molecule has 10 heteroatoms. The Balaban J connectivity index is 1.94. The highest BCUT2D eigenvalue weighted by atomic mass is 127. The van der Waals surface area contributed by atoms with Gasteiger partial charge < -0.3 is 19.3 Å². The van der Waals surface area contributed by atoms with Gasteiger partial charge in [0.25, 0.3) is 6.01 Å². The van der Waals surface area contributed by atoms with Crippen molar-refractivity contribution in [2.24, 2.45) is 0 Å². The lowest BCUT2D eigenvalue weighted by Gasteiger charge is -2.22. The summed E-state index contributed by atoms with van der Waals surface area (Å²) < 4.78 is 20.1. The number of aromatic nitrogens is 2. The second-order valence-corrected chi connectivity index (χ2v) is 9.74. The van der Waals surface area contributed by atoms with E-state index in [0.717, 1.165) is 18.3 Å². The predicted octanol–water partition coefficient (Wildman–Crippen LogP) is 2.90. The van der Waals surface area contributed by atoms with Gasteiger partial charge in [0.1, 0.15) is 16.6 Å². The molecular weight excluding hydrogens is 664 g/mol. The molecule has 0 radical (unpaired) electrons. The fraction of sp³-hybridized carbons (Fsp3) is 0.125. The van der Waals surface area contributed by atoms with Crippen molar-refractivity contribution < 1.29 is 18.4 Å². The SMILES string of the molecule is CCOC(=O)C1=c2oc(=O)/c(=C\c3ccccc3I)n2-c2oc(N)nc2[C@H]1c1ccccc1I. The molecular formula is C24H17I2N3O5. The number of carbonyl (C=O) groups is 1. The second-order valence-electron chi connectivity index (χ2n) is 7.41. The average Bonchev–Trinajstić information content (AvgIpc) is 3.34. The van der Waals surface area contributed by atoms with E-state index in [0.29, 0.717) is 5.69 Å². The highest BCUT2D eigenvalue weighted by Crippen LogP contribution is 2.40. The highest BCUT2D eigenvalue weighted by Gasteiger charge is 2.40.